The van der Waals surface area contributed by atoms with Crippen LogP contribution in [0.25, 0.3) is 10.9 Å². The highest BCUT2D eigenvalue weighted by Gasteiger charge is 2.28. The van der Waals surface area contributed by atoms with Crippen molar-refractivity contribution in [3.05, 3.63) is 112 Å². The van der Waals surface area contributed by atoms with E-state index in [0.717, 1.165) is 24.8 Å². The first kappa shape index (κ1) is 24.9. The summed E-state index contributed by atoms with van der Waals surface area (Å²) in [5.41, 5.74) is 4.17. The van der Waals surface area contributed by atoms with Crippen LogP contribution in [0.15, 0.2) is 79.1 Å². The van der Waals surface area contributed by atoms with Gasteiger partial charge < -0.3 is 10.6 Å². The van der Waals surface area contributed by atoms with Crippen molar-refractivity contribution in [2.75, 3.05) is 10.6 Å². The van der Waals surface area contributed by atoms with E-state index in [1.165, 1.54) is 6.20 Å². The molecule has 2 N–H and O–H groups in total. The second kappa shape index (κ2) is 11.2. The molecule has 0 amide bonds. The molecular weight excluding hydrogens is 541 g/mol. The fourth-order valence-corrected chi connectivity index (χ4v) is 5.34. The predicted molar refractivity (Wildman–Crippen MR) is 160 cm³/mol. The number of anilines is 2. The van der Waals surface area contributed by atoms with Crippen LogP contribution < -0.4 is 10.6 Å². The molecule has 0 bridgehead atoms. The molecule has 7 nitrogen and oxygen atoms in total. The lowest BCUT2D eigenvalue weighted by Crippen LogP contribution is -2.14. The molecule has 1 unspecified atom stereocenters. The summed E-state index contributed by atoms with van der Waals surface area (Å²) < 4.78 is 11.5. The van der Waals surface area contributed by atoms with E-state index in [9.17, 15) is 6.63 Å². The van der Waals surface area contributed by atoms with Gasteiger partial charge in [0.05, 0.1) is 47.5 Å². The molecule has 40 heavy (non-hydrogen) atoms. The van der Waals surface area contributed by atoms with Gasteiger partial charge in [0.25, 0.3) is 0 Å². The molecule has 0 aliphatic heterocycles. The van der Waals surface area contributed by atoms with Gasteiger partial charge in [0.1, 0.15) is 11.8 Å². The number of fused-ring (bicyclic) bond motifs is 1. The lowest BCUT2D eigenvalue weighted by atomic mass is 10.0. The SMILES string of the molecule is [2H]C(Nc1cc(Cl)c2ncc(C#N)c(N[C@H](CC)c3ccccc3)c2c1)(c1cn(C2CC2)nn1)c1ccccc1Cl. The first-order valence-electron chi connectivity index (χ1n) is 13.7. The third-order valence-corrected chi connectivity index (χ3v) is 7.69. The molecule has 2 heterocycles. The highest BCUT2D eigenvalue weighted by molar-refractivity contribution is 6.36. The first-order chi connectivity index (χ1) is 19.9. The van der Waals surface area contributed by atoms with Gasteiger partial charge in [-0.05, 0) is 48.6 Å². The summed E-state index contributed by atoms with van der Waals surface area (Å²) in [6, 6.07) is 21.9. The number of nitrogens with one attached hydrogen (secondary N) is 2. The Balaban J connectivity index is 1.47. The van der Waals surface area contributed by atoms with E-state index in [2.05, 4.69) is 51.1 Å². The van der Waals surface area contributed by atoms with Crippen LogP contribution in [-0.2, 0) is 0 Å². The smallest absolute Gasteiger partial charge is 0.110 e. The lowest BCUT2D eigenvalue weighted by molar-refractivity contribution is 0.610. The minimum absolute atomic E-state index is 0.0415. The van der Waals surface area contributed by atoms with Gasteiger partial charge in [0.2, 0.25) is 0 Å². The summed E-state index contributed by atoms with van der Waals surface area (Å²) >= 11 is 13.4. The van der Waals surface area contributed by atoms with Crippen molar-refractivity contribution < 1.29 is 1.37 Å². The molecule has 1 saturated carbocycles. The van der Waals surface area contributed by atoms with Crippen LogP contribution >= 0.6 is 23.2 Å². The number of nitrogens with zero attached hydrogens (tertiary/aromatic N) is 5. The summed E-state index contributed by atoms with van der Waals surface area (Å²) in [7, 11) is 0. The number of hydrogen-bond donors (Lipinski definition) is 2. The van der Waals surface area contributed by atoms with Crippen LogP contribution in [0, 0.1) is 11.3 Å². The fraction of sp³-hybridized carbons (Fsp3) is 0.226. The standard InChI is InChI=1S/C31H27Cl2N7/c1-2-27(19-8-4-3-5-9-19)37-29-20(16-34)17-35-30-24(29)14-21(15-26(30)33)36-31(23-10-6-7-11-25(23)32)28-18-40(39-38-28)22-12-13-22/h3-11,14-15,17-18,22,27,31,36H,2,12-13H2,1H3,(H,35,37)/t27-,31?/m1/s1/i31D. The maximum Gasteiger partial charge on any atom is 0.110 e. The van der Waals surface area contributed by atoms with Gasteiger partial charge in [0, 0.05) is 22.3 Å². The van der Waals surface area contributed by atoms with Crippen LogP contribution in [0.3, 0.4) is 0 Å². The van der Waals surface area contributed by atoms with Gasteiger partial charge in [-0.2, -0.15) is 5.26 Å². The van der Waals surface area contributed by atoms with E-state index in [-0.39, 0.29) is 6.04 Å². The van der Waals surface area contributed by atoms with Crippen molar-refractivity contribution in [1.29, 1.82) is 5.26 Å². The Morgan fingerprint density at radius 3 is 2.58 bits per heavy atom. The number of benzene rings is 3. The third-order valence-electron chi connectivity index (χ3n) is 7.07. The van der Waals surface area contributed by atoms with Gasteiger partial charge in [-0.25, -0.2) is 4.68 Å². The minimum atomic E-state index is -1.58. The highest BCUT2D eigenvalue weighted by atomic mass is 35.5. The van der Waals surface area contributed by atoms with E-state index in [4.69, 9.17) is 23.2 Å². The van der Waals surface area contributed by atoms with Crippen LogP contribution in [0.1, 0.15) is 68.0 Å². The molecule has 1 fully saturated rings. The molecule has 0 saturated heterocycles. The van der Waals surface area contributed by atoms with Gasteiger partial charge in [0.15, 0.2) is 0 Å². The predicted octanol–water partition coefficient (Wildman–Crippen LogP) is 8.10. The molecule has 200 valence electrons. The summed E-state index contributed by atoms with van der Waals surface area (Å²) in [4.78, 5) is 4.50. The van der Waals surface area contributed by atoms with E-state index in [0.29, 0.717) is 55.2 Å². The Hall–Kier alpha value is -4.12. The van der Waals surface area contributed by atoms with E-state index in [1.807, 2.05) is 41.1 Å². The number of hydrogen-bond acceptors (Lipinski definition) is 6. The van der Waals surface area contributed by atoms with Crippen molar-refractivity contribution in [3.63, 3.8) is 0 Å². The van der Waals surface area contributed by atoms with Gasteiger partial charge >= 0.3 is 0 Å². The summed E-state index contributed by atoms with van der Waals surface area (Å²) in [5, 5.41) is 27.1. The second-order valence-electron chi connectivity index (χ2n) is 9.82. The molecule has 2 aromatic heterocycles. The second-order valence-corrected chi connectivity index (χ2v) is 10.6. The van der Waals surface area contributed by atoms with Crippen molar-refractivity contribution >= 4 is 45.5 Å². The Morgan fingerprint density at radius 2 is 1.85 bits per heavy atom. The van der Waals surface area contributed by atoms with Crippen LogP contribution in [0.4, 0.5) is 11.4 Å². The van der Waals surface area contributed by atoms with E-state index >= 15 is 0 Å². The molecule has 1 aliphatic rings. The number of pyridine rings is 1. The molecule has 5 aromatic rings. The molecule has 3 aromatic carbocycles. The Labute approximate surface area is 244 Å². The third kappa shape index (κ3) is 5.21. The zero-order chi connectivity index (χ0) is 28.6. The van der Waals surface area contributed by atoms with Crippen LogP contribution in [0.2, 0.25) is 10.0 Å². The minimum Gasteiger partial charge on any atom is -0.377 e. The van der Waals surface area contributed by atoms with Crippen molar-refractivity contribution in [1.82, 2.24) is 20.0 Å². The lowest BCUT2D eigenvalue weighted by Gasteiger charge is -2.23. The maximum absolute atomic E-state index is 10.00. The number of nitriles is 1. The molecule has 0 radical (unpaired) electrons. The summed E-state index contributed by atoms with van der Waals surface area (Å²) in [6.45, 7) is 2.09. The average Bonchev–Trinajstić information content (AvgIpc) is 3.71. The fourth-order valence-electron chi connectivity index (χ4n) is 4.84. The molecule has 0 spiro atoms. The van der Waals surface area contributed by atoms with E-state index < -0.39 is 6.02 Å². The molecule has 1 aliphatic carbocycles. The summed E-state index contributed by atoms with van der Waals surface area (Å²) in [6.07, 6.45) is 6.22. The Bertz CT molecular complexity index is 1760. The average molecular weight is 570 g/mol. The van der Waals surface area contributed by atoms with Crippen molar-refractivity contribution in [2.45, 2.75) is 44.3 Å². The van der Waals surface area contributed by atoms with Gasteiger partial charge in [-0.1, -0.05) is 83.9 Å². The monoisotopic (exact) mass is 568 g/mol. The Kier molecular flexibility index (Phi) is 6.95. The largest absolute Gasteiger partial charge is 0.377 e. The number of aromatic nitrogens is 4. The highest BCUT2D eigenvalue weighted by Crippen LogP contribution is 2.39. The molecule has 6 rings (SSSR count). The Morgan fingerprint density at radius 1 is 1.07 bits per heavy atom. The van der Waals surface area contributed by atoms with Crippen LogP contribution in [0.5, 0.6) is 0 Å². The van der Waals surface area contributed by atoms with Gasteiger partial charge in [-0.3, -0.25) is 4.98 Å². The maximum atomic E-state index is 10.00. The van der Waals surface area contributed by atoms with Crippen molar-refractivity contribution in [3.8, 4) is 6.07 Å². The molecule has 2 atom stereocenters. The quantitative estimate of drug-likeness (QED) is 0.186. The van der Waals surface area contributed by atoms with Crippen molar-refractivity contribution in [2.24, 2.45) is 0 Å². The zero-order valence-electron chi connectivity index (χ0n) is 22.8. The van der Waals surface area contributed by atoms with Crippen LogP contribution in [-0.4, -0.2) is 20.0 Å². The van der Waals surface area contributed by atoms with E-state index in [1.54, 1.807) is 24.4 Å². The number of rotatable bonds is 9. The summed E-state index contributed by atoms with van der Waals surface area (Å²) in [5.74, 6) is 0. The van der Waals surface area contributed by atoms with Gasteiger partial charge in [-0.15, -0.1) is 5.10 Å². The topological polar surface area (TPSA) is 91.5 Å². The zero-order valence-corrected chi connectivity index (χ0v) is 23.3. The normalized spacial score (nSPS) is 15.6. The molecular formula is C31H27Cl2N7. The molecule has 9 heteroatoms. The number of halogens is 2. The first-order valence-corrected chi connectivity index (χ1v) is 14.0.